The summed E-state index contributed by atoms with van der Waals surface area (Å²) < 4.78 is 5.12. The van der Waals surface area contributed by atoms with Crippen LogP contribution >= 0.6 is 0 Å². The van der Waals surface area contributed by atoms with Gasteiger partial charge in [0.15, 0.2) is 0 Å². The Bertz CT molecular complexity index is 804. The Morgan fingerprint density at radius 1 is 0.957 bits per heavy atom. The molecule has 0 saturated carbocycles. The fourth-order valence-electron chi connectivity index (χ4n) is 2.63. The third-order valence-electron chi connectivity index (χ3n) is 3.88. The third-order valence-corrected chi connectivity index (χ3v) is 3.88. The SMILES string of the molecule is COc1ccc(CC(=O)NCc2cccc3ccccc23)cc1. The molecular weight excluding hydrogens is 286 g/mol. The summed E-state index contributed by atoms with van der Waals surface area (Å²) in [6.07, 6.45) is 0.370. The molecule has 1 amide bonds. The lowest BCUT2D eigenvalue weighted by atomic mass is 10.0. The Morgan fingerprint density at radius 3 is 2.48 bits per heavy atom. The zero-order chi connectivity index (χ0) is 16.1. The van der Waals surface area contributed by atoms with Crippen molar-refractivity contribution in [2.24, 2.45) is 0 Å². The van der Waals surface area contributed by atoms with E-state index in [1.165, 1.54) is 10.8 Å². The highest BCUT2D eigenvalue weighted by atomic mass is 16.5. The molecule has 0 aliphatic heterocycles. The predicted molar refractivity (Wildman–Crippen MR) is 92.5 cm³/mol. The Morgan fingerprint density at radius 2 is 1.70 bits per heavy atom. The Kier molecular flexibility index (Phi) is 4.57. The minimum absolute atomic E-state index is 0.0168. The van der Waals surface area contributed by atoms with Gasteiger partial charge in [0.05, 0.1) is 13.5 Å². The highest BCUT2D eigenvalue weighted by Gasteiger charge is 2.05. The van der Waals surface area contributed by atoms with Gasteiger partial charge in [-0.3, -0.25) is 4.79 Å². The van der Waals surface area contributed by atoms with Gasteiger partial charge >= 0.3 is 0 Å². The van der Waals surface area contributed by atoms with E-state index in [-0.39, 0.29) is 5.91 Å². The van der Waals surface area contributed by atoms with Gasteiger partial charge in [0, 0.05) is 6.54 Å². The zero-order valence-electron chi connectivity index (χ0n) is 13.1. The number of carbonyl (C=O) groups excluding carboxylic acids is 1. The van der Waals surface area contributed by atoms with Crippen LogP contribution in [0.2, 0.25) is 0 Å². The second kappa shape index (κ2) is 6.97. The first-order valence-electron chi connectivity index (χ1n) is 7.62. The van der Waals surface area contributed by atoms with Gasteiger partial charge in [-0.15, -0.1) is 0 Å². The smallest absolute Gasteiger partial charge is 0.224 e. The maximum Gasteiger partial charge on any atom is 0.224 e. The summed E-state index contributed by atoms with van der Waals surface area (Å²) in [5.41, 5.74) is 2.10. The average Bonchev–Trinajstić information content (AvgIpc) is 2.60. The van der Waals surface area contributed by atoms with Gasteiger partial charge in [-0.2, -0.15) is 0 Å². The summed E-state index contributed by atoms with van der Waals surface area (Å²) in [6.45, 7) is 0.538. The Hall–Kier alpha value is -2.81. The van der Waals surface area contributed by atoms with E-state index in [2.05, 4.69) is 29.6 Å². The maximum atomic E-state index is 12.1. The Labute approximate surface area is 135 Å². The van der Waals surface area contributed by atoms with Crippen LogP contribution < -0.4 is 10.1 Å². The van der Waals surface area contributed by atoms with E-state index in [0.29, 0.717) is 13.0 Å². The van der Waals surface area contributed by atoms with Crippen LogP contribution in [0.15, 0.2) is 66.7 Å². The summed E-state index contributed by atoms with van der Waals surface area (Å²) in [6, 6.07) is 21.9. The van der Waals surface area contributed by atoms with Crippen molar-refractivity contribution in [3.05, 3.63) is 77.9 Å². The van der Waals surface area contributed by atoms with Gasteiger partial charge in [0.1, 0.15) is 5.75 Å². The van der Waals surface area contributed by atoms with Crippen LogP contribution in [0, 0.1) is 0 Å². The number of hydrogen-bond donors (Lipinski definition) is 1. The number of hydrogen-bond acceptors (Lipinski definition) is 2. The first-order chi connectivity index (χ1) is 11.3. The molecular formula is C20H19NO2. The van der Waals surface area contributed by atoms with Gasteiger partial charge in [0.2, 0.25) is 5.91 Å². The number of methoxy groups -OCH3 is 1. The molecule has 0 spiro atoms. The summed E-state index contributed by atoms with van der Waals surface area (Å²) in [4.78, 5) is 12.1. The van der Waals surface area contributed by atoms with Crippen molar-refractivity contribution < 1.29 is 9.53 Å². The molecule has 3 nitrogen and oxygen atoms in total. The van der Waals surface area contributed by atoms with E-state index in [0.717, 1.165) is 16.9 Å². The average molecular weight is 305 g/mol. The molecule has 0 unspecified atom stereocenters. The molecule has 1 N–H and O–H groups in total. The molecule has 0 atom stereocenters. The van der Waals surface area contributed by atoms with Crippen molar-refractivity contribution in [3.8, 4) is 5.75 Å². The highest BCUT2D eigenvalue weighted by molar-refractivity contribution is 5.86. The molecule has 3 aromatic carbocycles. The monoisotopic (exact) mass is 305 g/mol. The normalized spacial score (nSPS) is 10.5. The van der Waals surface area contributed by atoms with Crippen molar-refractivity contribution in [2.45, 2.75) is 13.0 Å². The van der Waals surface area contributed by atoms with Crippen LogP contribution in [0.3, 0.4) is 0 Å². The highest BCUT2D eigenvalue weighted by Crippen LogP contribution is 2.18. The number of amides is 1. The van der Waals surface area contributed by atoms with Crippen LogP contribution in [0.4, 0.5) is 0 Å². The molecule has 0 saturated heterocycles. The molecule has 0 aromatic heterocycles. The zero-order valence-corrected chi connectivity index (χ0v) is 13.1. The van der Waals surface area contributed by atoms with Gasteiger partial charge in [-0.25, -0.2) is 0 Å². The van der Waals surface area contributed by atoms with Gasteiger partial charge < -0.3 is 10.1 Å². The van der Waals surface area contributed by atoms with E-state index in [9.17, 15) is 4.79 Å². The molecule has 116 valence electrons. The minimum atomic E-state index is 0.0168. The molecule has 3 aromatic rings. The number of benzene rings is 3. The minimum Gasteiger partial charge on any atom is -0.497 e. The molecule has 3 heteroatoms. The van der Waals surface area contributed by atoms with Gasteiger partial charge in [-0.1, -0.05) is 54.6 Å². The summed E-state index contributed by atoms with van der Waals surface area (Å²) >= 11 is 0. The van der Waals surface area contributed by atoms with E-state index in [1.54, 1.807) is 7.11 Å². The fourth-order valence-corrected chi connectivity index (χ4v) is 2.63. The van der Waals surface area contributed by atoms with Crippen LogP contribution in [-0.2, 0) is 17.8 Å². The van der Waals surface area contributed by atoms with E-state index in [1.807, 2.05) is 42.5 Å². The molecule has 0 bridgehead atoms. The quantitative estimate of drug-likeness (QED) is 0.780. The first kappa shape index (κ1) is 15.1. The molecule has 0 aliphatic rings. The molecule has 0 aliphatic carbocycles. The van der Waals surface area contributed by atoms with Crippen molar-refractivity contribution in [2.75, 3.05) is 7.11 Å². The standard InChI is InChI=1S/C20H19NO2/c1-23-18-11-9-15(10-12-18)13-20(22)21-14-17-7-4-6-16-5-2-3-8-19(16)17/h2-12H,13-14H2,1H3,(H,21,22). The van der Waals surface area contributed by atoms with Crippen LogP contribution in [0.1, 0.15) is 11.1 Å². The Balaban J connectivity index is 1.63. The van der Waals surface area contributed by atoms with Crippen LogP contribution in [0.5, 0.6) is 5.75 Å². The summed E-state index contributed by atoms with van der Waals surface area (Å²) in [7, 11) is 1.63. The molecule has 0 radical (unpaired) electrons. The lowest BCUT2D eigenvalue weighted by molar-refractivity contribution is -0.120. The van der Waals surface area contributed by atoms with Crippen LogP contribution in [0.25, 0.3) is 10.8 Å². The molecule has 0 heterocycles. The molecule has 3 rings (SSSR count). The lowest BCUT2D eigenvalue weighted by Crippen LogP contribution is -2.24. The van der Waals surface area contributed by atoms with Crippen molar-refractivity contribution in [1.29, 1.82) is 0 Å². The fraction of sp³-hybridized carbons (Fsp3) is 0.150. The second-order valence-corrected chi connectivity index (χ2v) is 5.44. The molecule has 23 heavy (non-hydrogen) atoms. The predicted octanol–water partition coefficient (Wildman–Crippen LogP) is 3.71. The van der Waals surface area contributed by atoms with Gasteiger partial charge in [-0.05, 0) is 34.0 Å². The number of rotatable bonds is 5. The lowest BCUT2D eigenvalue weighted by Gasteiger charge is -2.09. The largest absolute Gasteiger partial charge is 0.497 e. The van der Waals surface area contributed by atoms with E-state index >= 15 is 0 Å². The number of nitrogens with one attached hydrogen (secondary N) is 1. The van der Waals surface area contributed by atoms with Gasteiger partial charge in [0.25, 0.3) is 0 Å². The maximum absolute atomic E-state index is 12.1. The summed E-state index contributed by atoms with van der Waals surface area (Å²) in [5, 5.41) is 5.37. The second-order valence-electron chi connectivity index (χ2n) is 5.44. The van der Waals surface area contributed by atoms with E-state index in [4.69, 9.17) is 4.74 Å². The molecule has 0 fully saturated rings. The number of fused-ring (bicyclic) bond motifs is 1. The summed E-state index contributed by atoms with van der Waals surface area (Å²) in [5.74, 6) is 0.813. The van der Waals surface area contributed by atoms with E-state index < -0.39 is 0 Å². The third kappa shape index (κ3) is 3.69. The van der Waals surface area contributed by atoms with Crippen molar-refractivity contribution >= 4 is 16.7 Å². The number of ether oxygens (including phenoxy) is 1. The van der Waals surface area contributed by atoms with Crippen molar-refractivity contribution in [3.63, 3.8) is 0 Å². The first-order valence-corrected chi connectivity index (χ1v) is 7.62. The van der Waals surface area contributed by atoms with Crippen molar-refractivity contribution in [1.82, 2.24) is 5.32 Å². The topological polar surface area (TPSA) is 38.3 Å². The number of carbonyl (C=O) groups is 1. The van der Waals surface area contributed by atoms with Crippen LogP contribution in [-0.4, -0.2) is 13.0 Å².